The van der Waals surface area contributed by atoms with Gasteiger partial charge < -0.3 is 9.84 Å². The smallest absolute Gasteiger partial charge is 0.332 e. The minimum Gasteiger partial charge on any atom is -0.487 e. The minimum atomic E-state index is -0.511. The number of non-ortho nitro benzene ring substituents is 1. The summed E-state index contributed by atoms with van der Waals surface area (Å²) in [6.07, 6.45) is 2.65. The molecule has 1 N–H and O–H groups in total. The van der Waals surface area contributed by atoms with Crippen molar-refractivity contribution < 1.29 is 14.8 Å². The zero-order chi connectivity index (χ0) is 27.4. The Morgan fingerprint density at radius 1 is 1.03 bits per heavy atom. The number of unbranched alkanes of at least 4 members (excludes halogenated alkanes) is 2. The van der Waals surface area contributed by atoms with E-state index in [0.29, 0.717) is 47.3 Å². The lowest BCUT2D eigenvalue weighted by Gasteiger charge is -2.16. The van der Waals surface area contributed by atoms with Gasteiger partial charge in [0.05, 0.1) is 16.0 Å². The summed E-state index contributed by atoms with van der Waals surface area (Å²) in [5, 5.41) is 21.7. The lowest BCUT2D eigenvalue weighted by atomic mass is 10.1. The third kappa shape index (κ3) is 5.42. The first-order chi connectivity index (χ1) is 18.2. The number of nitrogens with zero attached hydrogens (tertiary/aromatic N) is 5. The van der Waals surface area contributed by atoms with E-state index >= 15 is 0 Å². The molecule has 0 aliphatic heterocycles. The first kappa shape index (κ1) is 26.9. The van der Waals surface area contributed by atoms with Crippen molar-refractivity contribution in [3.8, 4) is 5.75 Å². The highest BCUT2D eigenvalue weighted by atomic mass is 16.6. The van der Waals surface area contributed by atoms with E-state index in [9.17, 15) is 19.7 Å². The average Bonchev–Trinajstić information content (AvgIpc) is 2.90. The van der Waals surface area contributed by atoms with Gasteiger partial charge in [-0.25, -0.2) is 14.8 Å². The van der Waals surface area contributed by atoms with E-state index in [1.54, 1.807) is 30.3 Å². The number of rotatable bonds is 11. The summed E-state index contributed by atoms with van der Waals surface area (Å²) in [6, 6.07) is 9.89. The first-order valence-corrected chi connectivity index (χ1v) is 12.6. The molecule has 4 rings (SSSR count). The van der Waals surface area contributed by atoms with Gasteiger partial charge in [0.15, 0.2) is 11.2 Å². The highest BCUT2D eigenvalue weighted by Gasteiger charge is 2.20. The number of nitro benzene ring substituents is 1. The maximum absolute atomic E-state index is 13.0. The van der Waals surface area contributed by atoms with Crippen LogP contribution < -0.4 is 16.0 Å². The molecule has 0 saturated heterocycles. The topological polar surface area (TPSA) is 142 Å². The maximum atomic E-state index is 13.0. The molecule has 2 aromatic heterocycles. The molecule has 0 radical (unpaired) electrons. The summed E-state index contributed by atoms with van der Waals surface area (Å²) < 4.78 is 8.64. The highest BCUT2D eigenvalue weighted by molar-refractivity contribution is 5.95. The van der Waals surface area contributed by atoms with Crippen LogP contribution in [0.4, 0.5) is 5.69 Å². The molecular weight excluding hydrogens is 490 g/mol. The fourth-order valence-electron chi connectivity index (χ4n) is 4.46. The van der Waals surface area contributed by atoms with E-state index in [4.69, 9.17) is 14.8 Å². The van der Waals surface area contributed by atoms with Crippen molar-refractivity contribution in [2.24, 2.45) is 13.0 Å². The van der Waals surface area contributed by atoms with E-state index in [-0.39, 0.29) is 36.0 Å². The summed E-state index contributed by atoms with van der Waals surface area (Å²) in [4.78, 5) is 46.4. The van der Waals surface area contributed by atoms with Gasteiger partial charge in [0, 0.05) is 31.7 Å². The van der Waals surface area contributed by atoms with E-state index in [1.165, 1.54) is 17.7 Å². The lowest BCUT2D eigenvalue weighted by molar-refractivity contribution is -0.383. The molecule has 11 nitrogen and oxygen atoms in total. The molecule has 0 atom stereocenters. The van der Waals surface area contributed by atoms with Crippen LogP contribution in [0.2, 0.25) is 0 Å². The average molecular weight is 522 g/mol. The number of aryl methyl sites for hydroxylation is 1. The largest absolute Gasteiger partial charge is 0.487 e. The number of ether oxygens (including phenoxy) is 1. The SMILES string of the molecule is CC(C)Cn1c(=O)n(C)c(=O)c2nc(CCCCCO)c(COc3ccc([N+](=O)[O-])c4ccccc34)nc21. The third-order valence-corrected chi connectivity index (χ3v) is 6.35. The maximum Gasteiger partial charge on any atom is 0.332 e. The van der Waals surface area contributed by atoms with E-state index in [0.717, 1.165) is 17.4 Å². The molecule has 2 aromatic carbocycles. The molecule has 0 fully saturated rings. The number of hydrogen-bond donors (Lipinski definition) is 1. The summed E-state index contributed by atoms with van der Waals surface area (Å²) in [7, 11) is 1.43. The number of aliphatic hydroxyl groups excluding tert-OH is 1. The molecule has 0 aliphatic carbocycles. The molecule has 0 saturated carbocycles. The normalized spacial score (nSPS) is 11.5. The third-order valence-electron chi connectivity index (χ3n) is 6.35. The van der Waals surface area contributed by atoms with Gasteiger partial charge in [-0.15, -0.1) is 0 Å². The van der Waals surface area contributed by atoms with Crippen LogP contribution in [0.5, 0.6) is 5.75 Å². The standard InChI is InChI=1S/C27H31N5O6/c1-17(2)15-31-25-24(26(34)30(3)27(31)35)28-20(11-5-4-8-14-33)21(29-25)16-38-23-13-12-22(32(36)37)18-9-6-7-10-19(18)23/h6-7,9-10,12-13,17,33H,4-5,8,11,14-16H2,1-3H3. The van der Waals surface area contributed by atoms with Crippen molar-refractivity contribution in [1.82, 2.24) is 19.1 Å². The van der Waals surface area contributed by atoms with Crippen LogP contribution in [0.25, 0.3) is 21.9 Å². The molecule has 0 amide bonds. The Kier molecular flexibility index (Phi) is 8.16. The molecule has 2 heterocycles. The van der Waals surface area contributed by atoms with E-state index < -0.39 is 16.2 Å². The molecule has 4 aromatic rings. The van der Waals surface area contributed by atoms with Crippen LogP contribution in [0.1, 0.15) is 44.5 Å². The second-order valence-electron chi connectivity index (χ2n) is 9.65. The van der Waals surface area contributed by atoms with E-state index in [2.05, 4.69) is 4.98 Å². The van der Waals surface area contributed by atoms with Crippen molar-refractivity contribution in [1.29, 1.82) is 0 Å². The van der Waals surface area contributed by atoms with Gasteiger partial charge in [-0.1, -0.05) is 38.5 Å². The van der Waals surface area contributed by atoms with Gasteiger partial charge >= 0.3 is 5.69 Å². The summed E-state index contributed by atoms with van der Waals surface area (Å²) in [5.74, 6) is 0.572. The van der Waals surface area contributed by atoms with E-state index in [1.807, 2.05) is 13.8 Å². The number of aromatic nitrogens is 4. The second-order valence-corrected chi connectivity index (χ2v) is 9.65. The number of aliphatic hydroxyl groups is 1. The first-order valence-electron chi connectivity index (χ1n) is 12.6. The molecule has 38 heavy (non-hydrogen) atoms. The Bertz CT molecular complexity index is 1610. The number of hydrogen-bond acceptors (Lipinski definition) is 8. The molecule has 0 bridgehead atoms. The molecule has 0 unspecified atom stereocenters. The second kappa shape index (κ2) is 11.5. The van der Waals surface area contributed by atoms with Gasteiger partial charge in [-0.3, -0.25) is 24.0 Å². The summed E-state index contributed by atoms with van der Waals surface area (Å²) >= 11 is 0. The Labute approximate surface area is 218 Å². The number of benzene rings is 2. The van der Waals surface area contributed by atoms with Crippen molar-refractivity contribution in [3.05, 3.63) is 78.7 Å². The van der Waals surface area contributed by atoms with Gasteiger partial charge in [-0.2, -0.15) is 0 Å². The Hall–Kier alpha value is -4.12. The van der Waals surface area contributed by atoms with Gasteiger partial charge in [-0.05, 0) is 37.3 Å². The Morgan fingerprint density at radius 2 is 1.76 bits per heavy atom. The van der Waals surface area contributed by atoms with Crippen molar-refractivity contribution >= 4 is 27.6 Å². The molecule has 0 aliphatic rings. The summed E-state index contributed by atoms with van der Waals surface area (Å²) in [6.45, 7) is 4.38. The zero-order valence-electron chi connectivity index (χ0n) is 21.7. The van der Waals surface area contributed by atoms with Crippen molar-refractivity contribution in [2.75, 3.05) is 6.61 Å². The summed E-state index contributed by atoms with van der Waals surface area (Å²) in [5.41, 5.74) is 0.393. The fourth-order valence-corrected chi connectivity index (χ4v) is 4.46. The van der Waals surface area contributed by atoms with Crippen LogP contribution in [-0.4, -0.2) is 35.7 Å². The van der Waals surface area contributed by atoms with Crippen LogP contribution >= 0.6 is 0 Å². The number of fused-ring (bicyclic) bond motifs is 2. The molecule has 0 spiro atoms. The fraction of sp³-hybridized carbons (Fsp3) is 0.407. The zero-order valence-corrected chi connectivity index (χ0v) is 21.7. The van der Waals surface area contributed by atoms with Gasteiger partial charge in [0.25, 0.3) is 11.2 Å². The monoisotopic (exact) mass is 521 g/mol. The van der Waals surface area contributed by atoms with Gasteiger partial charge in [0.2, 0.25) is 0 Å². The van der Waals surface area contributed by atoms with Crippen molar-refractivity contribution in [3.63, 3.8) is 0 Å². The molecule has 11 heteroatoms. The molecule has 200 valence electrons. The minimum absolute atomic E-state index is 0.00877. The Balaban J connectivity index is 1.81. The predicted molar refractivity (Wildman–Crippen MR) is 143 cm³/mol. The van der Waals surface area contributed by atoms with Crippen LogP contribution in [0, 0.1) is 16.0 Å². The Morgan fingerprint density at radius 3 is 2.45 bits per heavy atom. The highest BCUT2D eigenvalue weighted by Crippen LogP contribution is 2.33. The lowest BCUT2D eigenvalue weighted by Crippen LogP contribution is -2.40. The van der Waals surface area contributed by atoms with Crippen LogP contribution in [-0.2, 0) is 26.6 Å². The number of nitro groups is 1. The van der Waals surface area contributed by atoms with Crippen molar-refractivity contribution in [2.45, 2.75) is 52.7 Å². The van der Waals surface area contributed by atoms with Gasteiger partial charge in [0.1, 0.15) is 18.1 Å². The van der Waals surface area contributed by atoms with Crippen LogP contribution in [0.15, 0.2) is 46.0 Å². The molecular formula is C27H31N5O6. The van der Waals surface area contributed by atoms with Crippen LogP contribution in [0.3, 0.4) is 0 Å². The predicted octanol–water partition coefficient (Wildman–Crippen LogP) is 3.49. The quantitative estimate of drug-likeness (QED) is 0.180.